The molecule has 1 saturated heterocycles. The van der Waals surface area contributed by atoms with Gasteiger partial charge in [-0.1, -0.05) is 80.9 Å². The number of anilines is 2. The van der Waals surface area contributed by atoms with Crippen molar-refractivity contribution in [3.05, 3.63) is 107 Å². The molecule has 5 rings (SSSR count). The predicted octanol–water partition coefficient (Wildman–Crippen LogP) is 7.83. The first-order valence-corrected chi connectivity index (χ1v) is 16.3. The molecule has 4 aromatic rings. The molecule has 1 fully saturated rings. The standard InChI is InChI=1S/C38H45N5O3/c1-26-16-18-31(19-17-26)43-35(25-34(42-43)38(2,3)4)41-37(46)40-30-13-8-12-29(24-30)36(28-20-22-39-23-21-28)33(45)15-9-14-32(44)27-10-6-5-7-11-27/h5-8,10-13,16-19,24-25,28,36,39H,9,14-15,20-23H2,1-4H3,(H2,40,41,46). The predicted molar refractivity (Wildman–Crippen MR) is 184 cm³/mol. The van der Waals surface area contributed by atoms with Gasteiger partial charge in [-0.3, -0.25) is 14.9 Å². The van der Waals surface area contributed by atoms with Crippen LogP contribution in [0.3, 0.4) is 0 Å². The number of hydrogen-bond acceptors (Lipinski definition) is 5. The van der Waals surface area contributed by atoms with Crippen LogP contribution in [-0.2, 0) is 10.2 Å². The van der Waals surface area contributed by atoms with Gasteiger partial charge in [-0.05, 0) is 75.0 Å². The molecule has 8 heteroatoms. The number of aryl methyl sites for hydroxylation is 1. The molecule has 0 radical (unpaired) electrons. The second-order valence-corrected chi connectivity index (χ2v) is 13.3. The summed E-state index contributed by atoms with van der Waals surface area (Å²) in [5.74, 6) is 0.669. The lowest BCUT2D eigenvalue weighted by Crippen LogP contribution is -2.33. The number of Topliss-reactive ketones (excluding diaryl/α,β-unsaturated/α-hetero) is 2. The number of aromatic nitrogens is 2. The number of nitrogens with zero attached hydrogens (tertiary/aromatic N) is 2. The summed E-state index contributed by atoms with van der Waals surface area (Å²) in [5, 5.41) is 14.2. The zero-order chi connectivity index (χ0) is 32.7. The summed E-state index contributed by atoms with van der Waals surface area (Å²) >= 11 is 0. The van der Waals surface area contributed by atoms with Crippen LogP contribution in [0.2, 0.25) is 0 Å². The van der Waals surface area contributed by atoms with Gasteiger partial charge in [-0.25, -0.2) is 9.48 Å². The summed E-state index contributed by atoms with van der Waals surface area (Å²) in [5.41, 5.74) is 4.83. The molecule has 1 unspecified atom stereocenters. The van der Waals surface area contributed by atoms with E-state index in [1.54, 1.807) is 4.68 Å². The van der Waals surface area contributed by atoms with E-state index in [0.717, 1.165) is 48.4 Å². The second-order valence-electron chi connectivity index (χ2n) is 13.3. The van der Waals surface area contributed by atoms with E-state index >= 15 is 0 Å². The minimum Gasteiger partial charge on any atom is -0.317 e. The maximum atomic E-state index is 13.8. The average molecular weight is 620 g/mol. The van der Waals surface area contributed by atoms with Gasteiger partial charge in [0.15, 0.2) is 5.78 Å². The van der Waals surface area contributed by atoms with Crippen molar-refractivity contribution in [3.8, 4) is 5.69 Å². The highest BCUT2D eigenvalue weighted by Crippen LogP contribution is 2.35. The van der Waals surface area contributed by atoms with Gasteiger partial charge in [0.25, 0.3) is 0 Å². The molecule has 2 amide bonds. The summed E-state index contributed by atoms with van der Waals surface area (Å²) in [4.78, 5) is 39.8. The third-order valence-electron chi connectivity index (χ3n) is 8.63. The molecule has 0 spiro atoms. The Morgan fingerprint density at radius 1 is 0.891 bits per heavy atom. The first kappa shape index (κ1) is 32.8. The van der Waals surface area contributed by atoms with Gasteiger partial charge in [-0.2, -0.15) is 5.10 Å². The van der Waals surface area contributed by atoms with E-state index in [1.807, 2.05) is 91.9 Å². The lowest BCUT2D eigenvalue weighted by molar-refractivity contribution is -0.122. The highest BCUT2D eigenvalue weighted by atomic mass is 16.2. The van der Waals surface area contributed by atoms with E-state index < -0.39 is 6.03 Å². The van der Waals surface area contributed by atoms with Crippen molar-refractivity contribution in [2.45, 2.75) is 71.1 Å². The van der Waals surface area contributed by atoms with Gasteiger partial charge in [0.2, 0.25) is 0 Å². The number of carbonyl (C=O) groups excluding carboxylic acids is 3. The maximum absolute atomic E-state index is 13.8. The van der Waals surface area contributed by atoms with Gasteiger partial charge in [-0.15, -0.1) is 0 Å². The Hall–Kier alpha value is -4.56. The Kier molecular flexibility index (Phi) is 10.5. The Bertz CT molecular complexity index is 1650. The van der Waals surface area contributed by atoms with E-state index in [2.05, 4.69) is 36.7 Å². The molecule has 1 aliphatic rings. The zero-order valence-electron chi connectivity index (χ0n) is 27.3. The van der Waals surface area contributed by atoms with Crippen molar-refractivity contribution in [2.24, 2.45) is 5.92 Å². The molecule has 8 nitrogen and oxygen atoms in total. The van der Waals surface area contributed by atoms with E-state index in [1.165, 1.54) is 0 Å². The van der Waals surface area contributed by atoms with Crippen LogP contribution in [0.5, 0.6) is 0 Å². The summed E-state index contributed by atoms with van der Waals surface area (Å²) < 4.78 is 1.75. The third kappa shape index (κ3) is 8.37. The van der Waals surface area contributed by atoms with Crippen LogP contribution in [0, 0.1) is 12.8 Å². The number of urea groups is 1. The van der Waals surface area contributed by atoms with Gasteiger partial charge < -0.3 is 10.6 Å². The maximum Gasteiger partial charge on any atom is 0.324 e. The highest BCUT2D eigenvalue weighted by molar-refractivity contribution is 6.00. The molecule has 0 aliphatic carbocycles. The van der Waals surface area contributed by atoms with E-state index in [4.69, 9.17) is 5.10 Å². The van der Waals surface area contributed by atoms with Crippen molar-refractivity contribution in [1.82, 2.24) is 15.1 Å². The van der Waals surface area contributed by atoms with Crippen LogP contribution in [0.25, 0.3) is 5.69 Å². The fourth-order valence-corrected chi connectivity index (χ4v) is 6.05. The molecule has 3 N–H and O–H groups in total. The van der Waals surface area contributed by atoms with Gasteiger partial charge in [0, 0.05) is 41.5 Å². The molecule has 1 aromatic heterocycles. The van der Waals surface area contributed by atoms with Crippen LogP contribution in [0.15, 0.2) is 84.9 Å². The minimum atomic E-state index is -0.393. The fraction of sp³-hybridized carbons (Fsp3) is 0.368. The van der Waals surface area contributed by atoms with E-state index in [-0.39, 0.29) is 28.8 Å². The Labute approximate surface area is 272 Å². The van der Waals surface area contributed by atoms with Crippen LogP contribution >= 0.6 is 0 Å². The van der Waals surface area contributed by atoms with E-state index in [9.17, 15) is 14.4 Å². The zero-order valence-corrected chi connectivity index (χ0v) is 27.3. The monoisotopic (exact) mass is 619 g/mol. The number of nitrogens with one attached hydrogen (secondary N) is 3. The van der Waals surface area contributed by atoms with Crippen molar-refractivity contribution in [1.29, 1.82) is 0 Å². The molecular formula is C38H45N5O3. The number of ketones is 2. The summed E-state index contributed by atoms with van der Waals surface area (Å²) in [6.07, 6.45) is 2.99. The van der Waals surface area contributed by atoms with Crippen molar-refractivity contribution in [2.75, 3.05) is 23.7 Å². The fourth-order valence-electron chi connectivity index (χ4n) is 6.05. The van der Waals surface area contributed by atoms with Crippen molar-refractivity contribution >= 4 is 29.1 Å². The summed E-state index contributed by atoms with van der Waals surface area (Å²) in [6, 6.07) is 26.4. The Morgan fingerprint density at radius 3 is 2.30 bits per heavy atom. The normalized spacial score (nSPS) is 14.4. The lowest BCUT2D eigenvalue weighted by atomic mass is 9.76. The molecule has 46 heavy (non-hydrogen) atoms. The summed E-state index contributed by atoms with van der Waals surface area (Å²) in [6.45, 7) is 10.0. The van der Waals surface area contributed by atoms with Crippen LogP contribution < -0.4 is 16.0 Å². The van der Waals surface area contributed by atoms with Crippen molar-refractivity contribution in [3.63, 3.8) is 0 Å². The van der Waals surface area contributed by atoms with Gasteiger partial charge in [0.05, 0.1) is 11.4 Å². The first-order valence-electron chi connectivity index (χ1n) is 16.3. The number of rotatable bonds is 11. The second kappa shape index (κ2) is 14.7. The summed E-state index contributed by atoms with van der Waals surface area (Å²) in [7, 11) is 0. The molecule has 1 aliphatic heterocycles. The van der Waals surface area contributed by atoms with Gasteiger partial charge >= 0.3 is 6.03 Å². The van der Waals surface area contributed by atoms with Crippen molar-refractivity contribution < 1.29 is 14.4 Å². The molecule has 0 saturated carbocycles. The topological polar surface area (TPSA) is 105 Å². The first-order chi connectivity index (χ1) is 22.1. The quantitative estimate of drug-likeness (QED) is 0.148. The number of benzene rings is 3. The minimum absolute atomic E-state index is 0.0577. The molecular weight excluding hydrogens is 574 g/mol. The van der Waals surface area contributed by atoms with Gasteiger partial charge in [0.1, 0.15) is 11.6 Å². The largest absolute Gasteiger partial charge is 0.324 e. The smallest absolute Gasteiger partial charge is 0.317 e. The molecule has 240 valence electrons. The SMILES string of the molecule is Cc1ccc(-n2nc(C(C)(C)C)cc2NC(=O)Nc2cccc(C(C(=O)CCCC(=O)c3ccccc3)C3CCNCC3)c2)cc1. The van der Waals surface area contributed by atoms with Crippen LogP contribution in [0.1, 0.15) is 86.0 Å². The highest BCUT2D eigenvalue weighted by Gasteiger charge is 2.31. The molecule has 0 bridgehead atoms. The third-order valence-corrected chi connectivity index (χ3v) is 8.63. The number of hydrogen-bond donors (Lipinski definition) is 3. The van der Waals surface area contributed by atoms with E-state index in [0.29, 0.717) is 36.3 Å². The number of carbonyl (C=O) groups is 3. The van der Waals surface area contributed by atoms with Crippen LogP contribution in [0.4, 0.5) is 16.3 Å². The Balaban J connectivity index is 1.31. The average Bonchev–Trinajstić information content (AvgIpc) is 3.47. The Morgan fingerprint density at radius 2 is 1.61 bits per heavy atom. The van der Waals surface area contributed by atoms with Crippen LogP contribution in [-0.4, -0.2) is 40.5 Å². The molecule has 3 aromatic carbocycles. The molecule has 1 atom stereocenters. The lowest BCUT2D eigenvalue weighted by Gasteiger charge is -2.30. The number of amides is 2. The molecule has 2 heterocycles. The number of piperidine rings is 1.